The highest BCUT2D eigenvalue weighted by Gasteiger charge is 2.11. The zero-order valence-corrected chi connectivity index (χ0v) is 13.5. The van der Waals surface area contributed by atoms with Gasteiger partial charge in [-0.15, -0.1) is 11.8 Å². The predicted octanol–water partition coefficient (Wildman–Crippen LogP) is 3.40. The third-order valence-corrected chi connectivity index (χ3v) is 3.46. The molecule has 0 aliphatic carbocycles. The van der Waals surface area contributed by atoms with E-state index in [0.29, 0.717) is 0 Å². The molecule has 0 saturated carbocycles. The topological polar surface area (TPSA) is 36.4 Å². The number of guanidine groups is 1. The second-order valence-corrected chi connectivity index (χ2v) is 6.78. The Labute approximate surface area is 125 Å². The van der Waals surface area contributed by atoms with Gasteiger partial charge in [0.05, 0.1) is 0 Å². The summed E-state index contributed by atoms with van der Waals surface area (Å²) in [6.45, 7) is 7.20. The van der Waals surface area contributed by atoms with Crippen molar-refractivity contribution in [3.05, 3.63) is 29.3 Å². The largest absolute Gasteiger partial charge is 0.356 e. The summed E-state index contributed by atoms with van der Waals surface area (Å²) >= 11 is 7.64. The third-order valence-electron chi connectivity index (χ3n) is 2.19. The summed E-state index contributed by atoms with van der Waals surface area (Å²) in [5, 5.41) is 7.40. The minimum Gasteiger partial charge on any atom is -0.356 e. The van der Waals surface area contributed by atoms with Crippen molar-refractivity contribution in [1.29, 1.82) is 0 Å². The highest BCUT2D eigenvalue weighted by atomic mass is 35.5. The van der Waals surface area contributed by atoms with Gasteiger partial charge in [0.25, 0.3) is 0 Å². The van der Waals surface area contributed by atoms with Gasteiger partial charge in [0.15, 0.2) is 5.96 Å². The number of nitrogens with one attached hydrogen (secondary N) is 2. The van der Waals surface area contributed by atoms with Crippen molar-refractivity contribution in [1.82, 2.24) is 10.6 Å². The number of thioether (sulfide) groups is 1. The van der Waals surface area contributed by atoms with Crippen LogP contribution in [0, 0.1) is 0 Å². The van der Waals surface area contributed by atoms with Crippen LogP contribution in [0.4, 0.5) is 0 Å². The van der Waals surface area contributed by atoms with Crippen molar-refractivity contribution >= 4 is 29.3 Å². The highest BCUT2D eigenvalue weighted by Crippen LogP contribution is 2.19. The standard InChI is InChI=1S/C14H22ClN3S/c1-14(2,3)18-13(16-4)17-9-10-19-12-7-5-11(15)6-8-12/h5-8H,9-10H2,1-4H3,(H2,16,17,18). The Morgan fingerprint density at radius 1 is 1.26 bits per heavy atom. The van der Waals surface area contributed by atoms with Gasteiger partial charge in [-0.1, -0.05) is 11.6 Å². The monoisotopic (exact) mass is 299 g/mol. The van der Waals surface area contributed by atoms with Crippen LogP contribution in [0.1, 0.15) is 20.8 Å². The molecule has 3 nitrogen and oxygen atoms in total. The molecule has 0 atom stereocenters. The van der Waals surface area contributed by atoms with E-state index in [1.54, 1.807) is 18.8 Å². The van der Waals surface area contributed by atoms with Crippen LogP contribution in [0.15, 0.2) is 34.2 Å². The minimum atomic E-state index is 0.0190. The lowest BCUT2D eigenvalue weighted by Gasteiger charge is -2.23. The number of benzene rings is 1. The van der Waals surface area contributed by atoms with Crippen LogP contribution in [0.25, 0.3) is 0 Å². The molecule has 1 aromatic rings. The van der Waals surface area contributed by atoms with Gasteiger partial charge in [-0.3, -0.25) is 4.99 Å². The molecule has 0 spiro atoms. The average Bonchev–Trinajstić information content (AvgIpc) is 2.34. The van der Waals surface area contributed by atoms with Crippen LogP contribution in [0.5, 0.6) is 0 Å². The number of hydrogen-bond acceptors (Lipinski definition) is 2. The van der Waals surface area contributed by atoms with Crippen LogP contribution in [-0.4, -0.2) is 30.8 Å². The number of nitrogens with zero attached hydrogens (tertiary/aromatic N) is 1. The predicted molar refractivity (Wildman–Crippen MR) is 86.4 cm³/mol. The summed E-state index contributed by atoms with van der Waals surface area (Å²) in [5.74, 6) is 1.82. The molecule has 0 aliphatic rings. The number of aliphatic imine (C=N–C) groups is 1. The van der Waals surface area contributed by atoms with Crippen LogP contribution in [0.2, 0.25) is 5.02 Å². The molecule has 0 amide bonds. The van der Waals surface area contributed by atoms with Crippen molar-refractivity contribution < 1.29 is 0 Å². The zero-order chi connectivity index (χ0) is 14.3. The Hall–Kier alpha value is -0.870. The minimum absolute atomic E-state index is 0.0190. The molecule has 0 radical (unpaired) electrons. The zero-order valence-electron chi connectivity index (χ0n) is 12.0. The van der Waals surface area contributed by atoms with Gasteiger partial charge in [-0.25, -0.2) is 0 Å². The molecule has 0 bridgehead atoms. The fourth-order valence-electron chi connectivity index (χ4n) is 1.40. The molecule has 0 saturated heterocycles. The van der Waals surface area contributed by atoms with Crippen LogP contribution >= 0.6 is 23.4 Å². The van der Waals surface area contributed by atoms with E-state index in [9.17, 15) is 0 Å². The first kappa shape index (κ1) is 16.2. The van der Waals surface area contributed by atoms with Gasteiger partial charge in [0, 0.05) is 34.8 Å². The SMILES string of the molecule is CN=C(NCCSc1ccc(Cl)cc1)NC(C)(C)C. The van der Waals surface area contributed by atoms with Gasteiger partial charge in [-0.05, 0) is 45.0 Å². The number of hydrogen-bond donors (Lipinski definition) is 2. The van der Waals surface area contributed by atoms with E-state index in [2.05, 4.69) is 36.4 Å². The van der Waals surface area contributed by atoms with E-state index in [1.807, 2.05) is 24.3 Å². The Bertz CT molecular complexity index is 410. The molecule has 0 heterocycles. The molecule has 19 heavy (non-hydrogen) atoms. The fraction of sp³-hybridized carbons (Fsp3) is 0.500. The second-order valence-electron chi connectivity index (χ2n) is 5.18. The van der Waals surface area contributed by atoms with E-state index in [4.69, 9.17) is 11.6 Å². The van der Waals surface area contributed by atoms with Crippen molar-refractivity contribution in [3.8, 4) is 0 Å². The highest BCUT2D eigenvalue weighted by molar-refractivity contribution is 7.99. The maximum Gasteiger partial charge on any atom is 0.191 e. The first-order chi connectivity index (χ1) is 8.90. The van der Waals surface area contributed by atoms with Gasteiger partial charge in [0.2, 0.25) is 0 Å². The van der Waals surface area contributed by atoms with Crippen molar-refractivity contribution in [2.24, 2.45) is 4.99 Å². The third kappa shape index (κ3) is 7.33. The molecule has 5 heteroatoms. The first-order valence-electron chi connectivity index (χ1n) is 6.28. The summed E-state index contributed by atoms with van der Waals surface area (Å²) in [4.78, 5) is 5.42. The number of halogens is 1. The lowest BCUT2D eigenvalue weighted by atomic mass is 10.1. The number of rotatable bonds is 4. The first-order valence-corrected chi connectivity index (χ1v) is 7.64. The van der Waals surface area contributed by atoms with Crippen molar-refractivity contribution in [2.75, 3.05) is 19.3 Å². The summed E-state index contributed by atoms with van der Waals surface area (Å²) in [7, 11) is 1.79. The van der Waals surface area contributed by atoms with Gasteiger partial charge in [-0.2, -0.15) is 0 Å². The molecule has 1 rings (SSSR count). The molecule has 0 unspecified atom stereocenters. The molecule has 0 aliphatic heterocycles. The summed E-state index contributed by atoms with van der Waals surface area (Å²) in [5.41, 5.74) is 0.0190. The molecule has 2 N–H and O–H groups in total. The van der Waals surface area contributed by atoms with E-state index in [1.165, 1.54) is 4.90 Å². The average molecular weight is 300 g/mol. The van der Waals surface area contributed by atoms with Crippen molar-refractivity contribution in [3.63, 3.8) is 0 Å². The Morgan fingerprint density at radius 3 is 2.42 bits per heavy atom. The van der Waals surface area contributed by atoms with Crippen molar-refractivity contribution in [2.45, 2.75) is 31.2 Å². The molecule has 0 aromatic heterocycles. The normalized spacial score (nSPS) is 12.4. The Kier molecular flexibility index (Phi) is 6.52. The van der Waals surface area contributed by atoms with E-state index in [0.717, 1.165) is 23.3 Å². The van der Waals surface area contributed by atoms with E-state index in [-0.39, 0.29) is 5.54 Å². The summed E-state index contributed by atoms with van der Waals surface area (Å²) in [6, 6.07) is 7.90. The van der Waals surface area contributed by atoms with Gasteiger partial charge >= 0.3 is 0 Å². The fourth-order valence-corrected chi connectivity index (χ4v) is 2.30. The second kappa shape index (κ2) is 7.65. The Morgan fingerprint density at radius 2 is 1.89 bits per heavy atom. The summed E-state index contributed by atoms with van der Waals surface area (Å²) in [6.07, 6.45) is 0. The maximum absolute atomic E-state index is 5.85. The van der Waals surface area contributed by atoms with E-state index < -0.39 is 0 Å². The molecule has 1 aromatic carbocycles. The van der Waals surface area contributed by atoms with Crippen LogP contribution in [-0.2, 0) is 0 Å². The van der Waals surface area contributed by atoms with Crippen LogP contribution < -0.4 is 10.6 Å². The maximum atomic E-state index is 5.85. The lowest BCUT2D eigenvalue weighted by molar-refractivity contribution is 0.502. The smallest absolute Gasteiger partial charge is 0.191 e. The quantitative estimate of drug-likeness (QED) is 0.387. The molecule has 106 valence electrons. The van der Waals surface area contributed by atoms with Gasteiger partial charge < -0.3 is 10.6 Å². The molecule has 0 fully saturated rings. The Balaban J connectivity index is 2.28. The van der Waals surface area contributed by atoms with E-state index >= 15 is 0 Å². The lowest BCUT2D eigenvalue weighted by Crippen LogP contribution is -2.48. The molecular weight excluding hydrogens is 278 g/mol. The van der Waals surface area contributed by atoms with Gasteiger partial charge in [0.1, 0.15) is 0 Å². The summed E-state index contributed by atoms with van der Waals surface area (Å²) < 4.78 is 0. The van der Waals surface area contributed by atoms with Crippen LogP contribution in [0.3, 0.4) is 0 Å². The molecular formula is C14H22ClN3S.